The molecule has 1 heterocycles. The molecular formula is C19H20N4O8. The van der Waals surface area contributed by atoms with Crippen molar-refractivity contribution in [3.8, 4) is 0 Å². The molecule has 12 nitrogen and oxygen atoms in total. The fourth-order valence-corrected chi connectivity index (χ4v) is 3.55. The van der Waals surface area contributed by atoms with Crippen LogP contribution < -0.4 is 10.6 Å². The van der Waals surface area contributed by atoms with E-state index in [4.69, 9.17) is 4.74 Å². The van der Waals surface area contributed by atoms with Gasteiger partial charge in [-0.2, -0.15) is 0 Å². The molecule has 12 heteroatoms. The lowest BCUT2D eigenvalue weighted by atomic mass is 10.1. The number of nitrogens with zero attached hydrogens (tertiary/aromatic N) is 2. The van der Waals surface area contributed by atoms with Gasteiger partial charge in [-0.1, -0.05) is 18.9 Å². The van der Waals surface area contributed by atoms with Gasteiger partial charge in [0.15, 0.2) is 6.61 Å². The van der Waals surface area contributed by atoms with Gasteiger partial charge in [0, 0.05) is 18.7 Å². The summed E-state index contributed by atoms with van der Waals surface area (Å²) in [4.78, 5) is 71.1. The first-order valence-electron chi connectivity index (χ1n) is 9.67. The Balaban J connectivity index is 1.45. The second-order valence-corrected chi connectivity index (χ2v) is 7.13. The number of esters is 1. The summed E-state index contributed by atoms with van der Waals surface area (Å²) in [5.74, 6) is -3.32. The normalized spacial score (nSPS) is 15.5. The monoisotopic (exact) mass is 432 g/mol. The average Bonchev–Trinajstić information content (AvgIpc) is 3.31. The predicted molar refractivity (Wildman–Crippen MR) is 103 cm³/mol. The third-order valence-electron chi connectivity index (χ3n) is 5.02. The van der Waals surface area contributed by atoms with Crippen molar-refractivity contribution in [3.63, 3.8) is 0 Å². The Morgan fingerprint density at radius 3 is 2.55 bits per heavy atom. The maximum Gasteiger partial charge on any atom is 0.321 e. The van der Waals surface area contributed by atoms with Gasteiger partial charge >= 0.3 is 12.0 Å². The van der Waals surface area contributed by atoms with Crippen molar-refractivity contribution in [3.05, 3.63) is 39.4 Å². The van der Waals surface area contributed by atoms with Crippen LogP contribution in [0.15, 0.2) is 18.2 Å². The van der Waals surface area contributed by atoms with Crippen LogP contribution in [0.25, 0.3) is 0 Å². The summed E-state index contributed by atoms with van der Waals surface area (Å²) in [5, 5.41) is 15.8. The second-order valence-electron chi connectivity index (χ2n) is 7.13. The fourth-order valence-electron chi connectivity index (χ4n) is 3.55. The van der Waals surface area contributed by atoms with Gasteiger partial charge < -0.3 is 10.1 Å². The highest BCUT2D eigenvalue weighted by atomic mass is 16.6. The van der Waals surface area contributed by atoms with Crippen molar-refractivity contribution < 1.29 is 33.6 Å². The van der Waals surface area contributed by atoms with Gasteiger partial charge in [-0.3, -0.25) is 39.5 Å². The summed E-state index contributed by atoms with van der Waals surface area (Å²) in [5.41, 5.74) is -0.924. The number of urea groups is 1. The summed E-state index contributed by atoms with van der Waals surface area (Å²) >= 11 is 0. The zero-order valence-corrected chi connectivity index (χ0v) is 16.4. The van der Waals surface area contributed by atoms with Gasteiger partial charge in [-0.05, 0) is 18.9 Å². The van der Waals surface area contributed by atoms with E-state index in [1.54, 1.807) is 0 Å². The number of amides is 5. The number of nitro benzene ring substituents is 1. The highest BCUT2D eigenvalue weighted by Gasteiger charge is 2.40. The number of ether oxygens (including phenoxy) is 1. The number of nitrogens with one attached hydrogen (secondary N) is 2. The lowest BCUT2D eigenvalue weighted by molar-refractivity contribution is -0.385. The Kier molecular flexibility index (Phi) is 6.58. The first-order valence-corrected chi connectivity index (χ1v) is 9.67. The molecule has 31 heavy (non-hydrogen) atoms. The third kappa shape index (κ3) is 5.02. The second kappa shape index (κ2) is 9.32. The van der Waals surface area contributed by atoms with Crippen molar-refractivity contribution in [2.75, 3.05) is 13.2 Å². The van der Waals surface area contributed by atoms with Crippen molar-refractivity contribution in [1.82, 2.24) is 15.5 Å². The molecule has 0 aromatic heterocycles. The fraction of sp³-hybridized carbons (Fsp3) is 0.421. The van der Waals surface area contributed by atoms with E-state index in [2.05, 4.69) is 10.6 Å². The predicted octanol–water partition coefficient (Wildman–Crippen LogP) is 0.892. The molecule has 3 rings (SSSR count). The number of nitro groups is 1. The lowest BCUT2D eigenvalue weighted by Gasteiger charge is -2.13. The number of fused-ring (bicyclic) bond motifs is 1. The smallest absolute Gasteiger partial charge is 0.321 e. The Labute approximate surface area is 176 Å². The lowest BCUT2D eigenvalue weighted by Crippen LogP contribution is -2.45. The van der Waals surface area contributed by atoms with E-state index >= 15 is 0 Å². The molecule has 1 aliphatic carbocycles. The van der Waals surface area contributed by atoms with Crippen molar-refractivity contribution in [2.24, 2.45) is 0 Å². The SMILES string of the molecule is O=C(COC(=O)CCN1C(=O)c2cccc([N+](=O)[O-])c2C1=O)NC(=O)NC1CCCC1. The summed E-state index contributed by atoms with van der Waals surface area (Å²) in [6.07, 6.45) is 3.30. The standard InChI is InChI=1S/C19H20N4O8/c24-14(21-19(28)20-11-4-1-2-5-11)10-31-15(25)8-9-22-17(26)12-6-3-7-13(23(29)30)16(12)18(22)27/h3,6-7,11H,1-2,4-5,8-10H2,(H2,20,21,24,28). The van der Waals surface area contributed by atoms with Gasteiger partial charge in [0.05, 0.1) is 16.9 Å². The van der Waals surface area contributed by atoms with Crippen LogP contribution in [0.1, 0.15) is 52.8 Å². The number of benzene rings is 1. The van der Waals surface area contributed by atoms with Crippen LogP contribution in [0.5, 0.6) is 0 Å². The minimum Gasteiger partial charge on any atom is -0.456 e. The molecule has 0 saturated heterocycles. The summed E-state index contributed by atoms with van der Waals surface area (Å²) < 4.78 is 4.76. The molecule has 0 bridgehead atoms. The highest BCUT2D eigenvalue weighted by Crippen LogP contribution is 2.30. The van der Waals surface area contributed by atoms with Gasteiger partial charge in [0.25, 0.3) is 23.4 Å². The zero-order chi connectivity index (χ0) is 22.5. The Morgan fingerprint density at radius 2 is 1.87 bits per heavy atom. The summed E-state index contributed by atoms with van der Waals surface area (Å²) in [7, 11) is 0. The van der Waals surface area contributed by atoms with Crippen molar-refractivity contribution in [2.45, 2.75) is 38.1 Å². The molecule has 0 atom stereocenters. The number of hydrogen-bond acceptors (Lipinski definition) is 8. The van der Waals surface area contributed by atoms with Crippen LogP contribution in [-0.2, 0) is 14.3 Å². The highest BCUT2D eigenvalue weighted by molar-refractivity contribution is 6.23. The van der Waals surface area contributed by atoms with Gasteiger partial charge in [0.1, 0.15) is 5.56 Å². The van der Waals surface area contributed by atoms with Crippen LogP contribution in [0.3, 0.4) is 0 Å². The quantitative estimate of drug-likeness (QED) is 0.277. The van der Waals surface area contributed by atoms with Crippen LogP contribution in [0, 0.1) is 10.1 Å². The Morgan fingerprint density at radius 1 is 1.16 bits per heavy atom. The van der Waals surface area contributed by atoms with E-state index in [9.17, 15) is 34.1 Å². The molecular weight excluding hydrogens is 412 g/mol. The number of hydrogen-bond donors (Lipinski definition) is 2. The number of imide groups is 2. The molecule has 0 spiro atoms. The number of carbonyl (C=O) groups excluding carboxylic acids is 5. The molecule has 5 amide bonds. The van der Waals surface area contributed by atoms with Crippen molar-refractivity contribution in [1.29, 1.82) is 0 Å². The zero-order valence-electron chi connectivity index (χ0n) is 16.4. The van der Waals surface area contributed by atoms with E-state index in [1.165, 1.54) is 12.1 Å². The van der Waals surface area contributed by atoms with E-state index < -0.39 is 53.4 Å². The van der Waals surface area contributed by atoms with Gasteiger partial charge in [-0.25, -0.2) is 4.79 Å². The molecule has 1 saturated carbocycles. The summed E-state index contributed by atoms with van der Waals surface area (Å²) in [6, 6.07) is 3.05. The first kappa shape index (κ1) is 21.9. The summed E-state index contributed by atoms with van der Waals surface area (Å²) in [6.45, 7) is -1.07. The molecule has 1 aliphatic heterocycles. The number of rotatable bonds is 7. The van der Waals surface area contributed by atoms with Gasteiger partial charge in [-0.15, -0.1) is 0 Å². The maximum absolute atomic E-state index is 12.4. The van der Waals surface area contributed by atoms with Crippen LogP contribution >= 0.6 is 0 Å². The van der Waals surface area contributed by atoms with Crippen molar-refractivity contribution >= 4 is 35.4 Å². The Bertz CT molecular complexity index is 954. The van der Waals surface area contributed by atoms with E-state index in [0.29, 0.717) is 4.90 Å². The number of carbonyl (C=O) groups is 5. The molecule has 1 fully saturated rings. The van der Waals surface area contributed by atoms with Crippen LogP contribution in [-0.4, -0.2) is 58.7 Å². The topological polar surface area (TPSA) is 165 Å². The molecule has 164 valence electrons. The van der Waals surface area contributed by atoms with Crippen LogP contribution in [0.2, 0.25) is 0 Å². The third-order valence-corrected chi connectivity index (χ3v) is 5.02. The average molecular weight is 432 g/mol. The van der Waals surface area contributed by atoms with E-state index in [-0.39, 0.29) is 23.7 Å². The maximum atomic E-state index is 12.4. The molecule has 1 aromatic rings. The largest absolute Gasteiger partial charge is 0.456 e. The molecule has 2 N–H and O–H groups in total. The molecule has 2 aliphatic rings. The molecule has 0 radical (unpaired) electrons. The molecule has 0 unspecified atom stereocenters. The van der Waals surface area contributed by atoms with E-state index in [0.717, 1.165) is 31.7 Å². The van der Waals surface area contributed by atoms with Gasteiger partial charge in [0.2, 0.25) is 0 Å². The minimum atomic E-state index is -0.877. The molecule has 1 aromatic carbocycles. The first-order chi connectivity index (χ1) is 14.8. The minimum absolute atomic E-state index is 0.0193. The van der Waals surface area contributed by atoms with Crippen LogP contribution in [0.4, 0.5) is 10.5 Å². The Hall–Kier alpha value is -3.83. The van der Waals surface area contributed by atoms with E-state index in [1.807, 2.05) is 0 Å².